The zero-order valence-electron chi connectivity index (χ0n) is 14.3. The third-order valence-corrected chi connectivity index (χ3v) is 5.00. The number of morpholine rings is 1. The third-order valence-electron chi connectivity index (χ3n) is 5.00. The zero-order valence-corrected chi connectivity index (χ0v) is 14.3. The SMILES string of the molecule is C[C@@]1(O)CCN(C(=O)CN2CCOCC2)C[C@H]1n1ccc(=O)[nH]c1=O. The second-order valence-electron chi connectivity index (χ2n) is 6.87. The Morgan fingerprint density at radius 1 is 1.36 bits per heavy atom. The number of rotatable bonds is 3. The number of aliphatic hydroxyl groups is 1. The number of likely N-dealkylation sites (tertiary alicyclic amines) is 1. The summed E-state index contributed by atoms with van der Waals surface area (Å²) in [6, 6.07) is 0.630. The van der Waals surface area contributed by atoms with E-state index in [1.54, 1.807) is 11.8 Å². The molecule has 2 aliphatic heterocycles. The lowest BCUT2D eigenvalue weighted by Gasteiger charge is -2.43. The molecule has 1 aromatic rings. The van der Waals surface area contributed by atoms with Gasteiger partial charge in [-0.05, 0) is 13.3 Å². The van der Waals surface area contributed by atoms with Crippen molar-refractivity contribution in [2.75, 3.05) is 45.9 Å². The van der Waals surface area contributed by atoms with Crippen LogP contribution >= 0.6 is 0 Å². The first-order valence-electron chi connectivity index (χ1n) is 8.48. The molecule has 2 atom stereocenters. The number of carbonyl (C=O) groups is 1. The van der Waals surface area contributed by atoms with Crippen LogP contribution in [0.5, 0.6) is 0 Å². The van der Waals surface area contributed by atoms with Gasteiger partial charge in [-0.15, -0.1) is 0 Å². The molecule has 2 saturated heterocycles. The lowest BCUT2D eigenvalue weighted by atomic mass is 9.88. The lowest BCUT2D eigenvalue weighted by molar-refractivity contribution is -0.140. The maximum atomic E-state index is 12.6. The van der Waals surface area contributed by atoms with E-state index in [0.717, 1.165) is 13.1 Å². The Morgan fingerprint density at radius 2 is 2.08 bits per heavy atom. The van der Waals surface area contributed by atoms with Gasteiger partial charge >= 0.3 is 5.69 Å². The van der Waals surface area contributed by atoms with Crippen molar-refractivity contribution in [3.05, 3.63) is 33.1 Å². The normalized spacial score (nSPS) is 28.1. The molecule has 1 aromatic heterocycles. The minimum atomic E-state index is -1.14. The number of ether oxygens (including phenoxy) is 1. The minimum Gasteiger partial charge on any atom is -0.388 e. The maximum absolute atomic E-state index is 12.6. The van der Waals surface area contributed by atoms with E-state index in [1.165, 1.54) is 16.8 Å². The van der Waals surface area contributed by atoms with Crippen molar-refractivity contribution in [2.24, 2.45) is 0 Å². The molecule has 2 aliphatic rings. The fraction of sp³-hybridized carbons (Fsp3) is 0.688. The van der Waals surface area contributed by atoms with Crippen molar-refractivity contribution >= 4 is 5.91 Å². The van der Waals surface area contributed by atoms with Crippen molar-refractivity contribution < 1.29 is 14.6 Å². The second kappa shape index (κ2) is 7.11. The molecule has 0 aliphatic carbocycles. The molecule has 9 heteroatoms. The van der Waals surface area contributed by atoms with Crippen molar-refractivity contribution in [1.82, 2.24) is 19.4 Å². The predicted molar refractivity (Wildman–Crippen MR) is 89.4 cm³/mol. The minimum absolute atomic E-state index is 0.0279. The molecular weight excluding hydrogens is 328 g/mol. The van der Waals surface area contributed by atoms with Crippen LogP contribution in [0.15, 0.2) is 21.9 Å². The van der Waals surface area contributed by atoms with E-state index in [1.807, 2.05) is 4.90 Å². The number of hydrogen-bond acceptors (Lipinski definition) is 6. The summed E-state index contributed by atoms with van der Waals surface area (Å²) in [6.07, 6.45) is 1.73. The van der Waals surface area contributed by atoms with Crippen LogP contribution in [0.1, 0.15) is 19.4 Å². The van der Waals surface area contributed by atoms with Crippen molar-refractivity contribution in [2.45, 2.75) is 25.0 Å². The average Bonchev–Trinajstić information content (AvgIpc) is 2.56. The van der Waals surface area contributed by atoms with Gasteiger partial charge in [0.2, 0.25) is 5.91 Å². The molecule has 3 heterocycles. The maximum Gasteiger partial charge on any atom is 0.328 e. The fourth-order valence-corrected chi connectivity index (χ4v) is 3.36. The van der Waals surface area contributed by atoms with Crippen molar-refractivity contribution in [1.29, 1.82) is 0 Å². The molecule has 1 amide bonds. The van der Waals surface area contributed by atoms with Gasteiger partial charge in [-0.2, -0.15) is 0 Å². The number of nitrogens with one attached hydrogen (secondary N) is 1. The Labute approximate surface area is 144 Å². The highest BCUT2D eigenvalue weighted by molar-refractivity contribution is 5.78. The Balaban J connectivity index is 1.75. The molecule has 2 fully saturated rings. The largest absolute Gasteiger partial charge is 0.388 e. The average molecular weight is 352 g/mol. The Morgan fingerprint density at radius 3 is 2.76 bits per heavy atom. The molecule has 0 unspecified atom stereocenters. The second-order valence-corrected chi connectivity index (χ2v) is 6.87. The molecular formula is C16H24N4O5. The summed E-state index contributed by atoms with van der Waals surface area (Å²) in [5.74, 6) is -0.0279. The first-order chi connectivity index (χ1) is 11.9. The molecule has 138 valence electrons. The highest BCUT2D eigenvalue weighted by atomic mass is 16.5. The summed E-state index contributed by atoms with van der Waals surface area (Å²) in [6.45, 7) is 5.31. The summed E-state index contributed by atoms with van der Waals surface area (Å²) in [5.41, 5.74) is -2.21. The molecule has 0 spiro atoms. The van der Waals surface area contributed by atoms with Crippen LogP contribution in [0.25, 0.3) is 0 Å². The monoisotopic (exact) mass is 352 g/mol. The van der Waals surface area contributed by atoms with E-state index in [0.29, 0.717) is 32.7 Å². The van der Waals surface area contributed by atoms with Crippen LogP contribution < -0.4 is 11.2 Å². The van der Waals surface area contributed by atoms with E-state index >= 15 is 0 Å². The standard InChI is InChI=1S/C16H24N4O5/c1-16(24)3-5-19(14(22)11-18-6-8-25-9-7-18)10-12(16)20-4-2-13(21)17-15(20)23/h2,4,12,24H,3,5-11H2,1H3,(H,17,21,23)/t12-,16-/m1/s1. The molecule has 2 N–H and O–H groups in total. The van der Waals surface area contributed by atoms with Gasteiger partial charge in [0.1, 0.15) is 0 Å². The van der Waals surface area contributed by atoms with Gasteiger partial charge in [0, 0.05) is 38.4 Å². The van der Waals surface area contributed by atoms with Crippen LogP contribution in [-0.4, -0.2) is 81.9 Å². The topological polar surface area (TPSA) is 108 Å². The predicted octanol–water partition coefficient (Wildman–Crippen LogP) is -1.61. The molecule has 0 aromatic carbocycles. The highest BCUT2D eigenvalue weighted by Crippen LogP contribution is 2.30. The first kappa shape index (κ1) is 17.8. The molecule has 0 saturated carbocycles. The van der Waals surface area contributed by atoms with E-state index < -0.39 is 22.9 Å². The zero-order chi connectivity index (χ0) is 18.0. The van der Waals surface area contributed by atoms with Crippen LogP contribution in [0.3, 0.4) is 0 Å². The van der Waals surface area contributed by atoms with Crippen LogP contribution in [0, 0.1) is 0 Å². The summed E-state index contributed by atoms with van der Waals surface area (Å²) in [5, 5.41) is 10.7. The number of nitrogens with zero attached hydrogens (tertiary/aromatic N) is 3. The van der Waals surface area contributed by atoms with Gasteiger partial charge in [-0.3, -0.25) is 24.0 Å². The van der Waals surface area contributed by atoms with Gasteiger partial charge in [0.05, 0.1) is 31.4 Å². The quantitative estimate of drug-likeness (QED) is 0.678. The van der Waals surface area contributed by atoms with E-state index in [4.69, 9.17) is 4.74 Å². The van der Waals surface area contributed by atoms with E-state index in [9.17, 15) is 19.5 Å². The number of carbonyl (C=O) groups excluding carboxylic acids is 1. The van der Waals surface area contributed by atoms with Crippen LogP contribution in [0.2, 0.25) is 0 Å². The summed E-state index contributed by atoms with van der Waals surface area (Å²) >= 11 is 0. The molecule has 0 bridgehead atoms. The fourth-order valence-electron chi connectivity index (χ4n) is 3.36. The van der Waals surface area contributed by atoms with Gasteiger partial charge in [-0.1, -0.05) is 0 Å². The Bertz CT molecular complexity index is 735. The number of H-pyrrole nitrogens is 1. The van der Waals surface area contributed by atoms with Crippen molar-refractivity contribution in [3.63, 3.8) is 0 Å². The molecule has 9 nitrogen and oxygen atoms in total. The smallest absolute Gasteiger partial charge is 0.328 e. The molecule has 25 heavy (non-hydrogen) atoms. The lowest BCUT2D eigenvalue weighted by Crippen LogP contribution is -2.56. The Hall–Kier alpha value is -1.97. The van der Waals surface area contributed by atoms with E-state index in [-0.39, 0.29) is 12.5 Å². The number of amides is 1. The first-order valence-corrected chi connectivity index (χ1v) is 8.48. The highest BCUT2D eigenvalue weighted by Gasteiger charge is 2.40. The Kier molecular flexibility index (Phi) is 5.07. The van der Waals surface area contributed by atoms with Gasteiger partial charge in [-0.25, -0.2) is 4.79 Å². The van der Waals surface area contributed by atoms with Gasteiger partial charge in [0.25, 0.3) is 5.56 Å². The van der Waals surface area contributed by atoms with E-state index in [2.05, 4.69) is 4.98 Å². The number of hydrogen-bond donors (Lipinski definition) is 2. The summed E-state index contributed by atoms with van der Waals surface area (Å²) in [7, 11) is 0. The van der Waals surface area contributed by atoms with Crippen LogP contribution in [0.4, 0.5) is 0 Å². The number of aromatic amines is 1. The van der Waals surface area contributed by atoms with Crippen molar-refractivity contribution in [3.8, 4) is 0 Å². The summed E-state index contributed by atoms with van der Waals surface area (Å²) < 4.78 is 6.59. The number of piperidine rings is 1. The summed E-state index contributed by atoms with van der Waals surface area (Å²) in [4.78, 5) is 41.9. The van der Waals surface area contributed by atoms with Crippen LogP contribution in [-0.2, 0) is 9.53 Å². The molecule has 0 radical (unpaired) electrons. The van der Waals surface area contributed by atoms with Gasteiger partial charge in [0.15, 0.2) is 0 Å². The third kappa shape index (κ3) is 4.00. The van der Waals surface area contributed by atoms with Gasteiger partial charge < -0.3 is 14.7 Å². The molecule has 3 rings (SSSR count). The number of aromatic nitrogens is 2.